The molecule has 0 aliphatic rings. The second-order valence-electron chi connectivity index (χ2n) is 5.05. The van der Waals surface area contributed by atoms with E-state index in [0.717, 1.165) is 5.56 Å². The lowest BCUT2D eigenvalue weighted by molar-refractivity contribution is -0.130. The number of amides is 1. The average Bonchev–Trinajstić information content (AvgIpc) is 2.37. The van der Waals surface area contributed by atoms with Crippen LogP contribution in [0.5, 0.6) is 0 Å². The fraction of sp³-hybridized carbons (Fsp3) is 0.438. The van der Waals surface area contributed by atoms with Crippen molar-refractivity contribution in [3.8, 4) is 11.8 Å². The van der Waals surface area contributed by atoms with Crippen molar-refractivity contribution in [3.63, 3.8) is 0 Å². The van der Waals surface area contributed by atoms with Gasteiger partial charge in [0, 0.05) is 12.1 Å². The summed E-state index contributed by atoms with van der Waals surface area (Å²) in [5, 5.41) is 0.650. The average molecular weight is 293 g/mol. The van der Waals surface area contributed by atoms with E-state index in [1.54, 1.807) is 18.0 Å². The van der Waals surface area contributed by atoms with E-state index in [1.165, 1.54) is 0 Å². The van der Waals surface area contributed by atoms with Crippen LogP contribution in [0.4, 0.5) is 0 Å². The summed E-state index contributed by atoms with van der Waals surface area (Å²) in [5.41, 5.74) is 0.919. The SMILES string of the molecule is CC(C#CCN(C)C)N(C)C(=O)Cc1cccc(Cl)c1. The Balaban J connectivity index is 2.59. The third-order valence-corrected chi connectivity index (χ3v) is 3.16. The van der Waals surface area contributed by atoms with Gasteiger partial charge in [0.25, 0.3) is 0 Å². The van der Waals surface area contributed by atoms with Crippen LogP contribution in [0.15, 0.2) is 24.3 Å². The van der Waals surface area contributed by atoms with Crippen LogP contribution < -0.4 is 0 Å². The maximum atomic E-state index is 12.2. The van der Waals surface area contributed by atoms with Crippen molar-refractivity contribution in [2.45, 2.75) is 19.4 Å². The van der Waals surface area contributed by atoms with Crippen LogP contribution >= 0.6 is 11.6 Å². The summed E-state index contributed by atoms with van der Waals surface area (Å²) >= 11 is 5.92. The molecule has 1 unspecified atom stereocenters. The quantitative estimate of drug-likeness (QED) is 0.795. The fourth-order valence-corrected chi connectivity index (χ4v) is 1.82. The highest BCUT2D eigenvalue weighted by molar-refractivity contribution is 6.30. The molecule has 0 bridgehead atoms. The van der Waals surface area contributed by atoms with Crippen LogP contribution in [0, 0.1) is 11.8 Å². The van der Waals surface area contributed by atoms with E-state index in [0.29, 0.717) is 18.0 Å². The summed E-state index contributed by atoms with van der Waals surface area (Å²) in [6.07, 6.45) is 0.344. The highest BCUT2D eigenvalue weighted by Crippen LogP contribution is 2.12. The summed E-state index contributed by atoms with van der Waals surface area (Å²) < 4.78 is 0. The lowest BCUT2D eigenvalue weighted by Gasteiger charge is -2.21. The topological polar surface area (TPSA) is 23.6 Å². The van der Waals surface area contributed by atoms with Crippen molar-refractivity contribution in [2.24, 2.45) is 0 Å². The number of halogens is 1. The molecule has 1 aromatic rings. The van der Waals surface area contributed by atoms with E-state index in [2.05, 4.69) is 11.8 Å². The number of likely N-dealkylation sites (N-methyl/N-ethyl adjacent to an activating group) is 1. The molecule has 0 aromatic heterocycles. The number of carbonyl (C=O) groups is 1. The van der Waals surface area contributed by atoms with Gasteiger partial charge in [-0.1, -0.05) is 35.6 Å². The molecule has 0 fully saturated rings. The second-order valence-corrected chi connectivity index (χ2v) is 5.48. The molecule has 1 aromatic carbocycles. The zero-order valence-electron chi connectivity index (χ0n) is 12.5. The molecular formula is C16H21ClN2O. The van der Waals surface area contributed by atoms with E-state index in [4.69, 9.17) is 11.6 Å². The van der Waals surface area contributed by atoms with E-state index >= 15 is 0 Å². The van der Waals surface area contributed by atoms with Crippen molar-refractivity contribution in [1.82, 2.24) is 9.80 Å². The Bertz CT molecular complexity index is 517. The monoisotopic (exact) mass is 292 g/mol. The van der Waals surface area contributed by atoms with Crippen molar-refractivity contribution in [1.29, 1.82) is 0 Å². The molecule has 108 valence electrons. The molecule has 0 radical (unpaired) electrons. The first-order chi connectivity index (χ1) is 9.40. The van der Waals surface area contributed by atoms with Crippen LogP contribution in [0.25, 0.3) is 0 Å². The molecule has 0 saturated heterocycles. The largest absolute Gasteiger partial charge is 0.332 e. The van der Waals surface area contributed by atoms with Gasteiger partial charge < -0.3 is 4.90 Å². The smallest absolute Gasteiger partial charge is 0.227 e. The van der Waals surface area contributed by atoms with E-state index < -0.39 is 0 Å². The molecule has 0 saturated carbocycles. The minimum atomic E-state index is -0.0957. The molecule has 1 amide bonds. The first-order valence-corrected chi connectivity index (χ1v) is 6.91. The Labute approximate surface area is 126 Å². The Morgan fingerprint density at radius 3 is 2.65 bits per heavy atom. The van der Waals surface area contributed by atoms with E-state index in [1.807, 2.05) is 44.1 Å². The van der Waals surface area contributed by atoms with Gasteiger partial charge >= 0.3 is 0 Å². The van der Waals surface area contributed by atoms with E-state index in [9.17, 15) is 4.79 Å². The molecule has 0 aliphatic carbocycles. The lowest BCUT2D eigenvalue weighted by Crippen LogP contribution is -2.35. The molecule has 1 atom stereocenters. The summed E-state index contributed by atoms with van der Waals surface area (Å²) in [5.74, 6) is 6.17. The lowest BCUT2D eigenvalue weighted by atomic mass is 10.1. The normalized spacial score (nSPS) is 11.7. The van der Waals surface area contributed by atoms with Gasteiger partial charge in [-0.2, -0.15) is 0 Å². The predicted octanol–water partition coefficient (Wildman–Crippen LogP) is 2.29. The third-order valence-electron chi connectivity index (χ3n) is 2.92. The number of hydrogen-bond acceptors (Lipinski definition) is 2. The number of nitrogens with zero attached hydrogens (tertiary/aromatic N) is 2. The van der Waals surface area contributed by atoms with E-state index in [-0.39, 0.29) is 11.9 Å². The molecule has 0 spiro atoms. The maximum absolute atomic E-state index is 12.2. The van der Waals surface area contributed by atoms with Gasteiger partial charge in [0.15, 0.2) is 0 Å². The summed E-state index contributed by atoms with van der Waals surface area (Å²) in [4.78, 5) is 15.8. The van der Waals surface area contributed by atoms with Gasteiger partial charge in [0.2, 0.25) is 5.91 Å². The van der Waals surface area contributed by atoms with Crippen LogP contribution in [0.2, 0.25) is 5.02 Å². The van der Waals surface area contributed by atoms with Gasteiger partial charge in [0.05, 0.1) is 19.0 Å². The third kappa shape index (κ3) is 5.64. The molecule has 1 rings (SSSR count). The van der Waals surface area contributed by atoms with Crippen molar-refractivity contribution in [3.05, 3.63) is 34.9 Å². The minimum absolute atomic E-state index is 0.0407. The number of rotatable bonds is 4. The molecule has 0 heterocycles. The number of benzene rings is 1. The van der Waals surface area contributed by atoms with Gasteiger partial charge in [-0.25, -0.2) is 0 Å². The maximum Gasteiger partial charge on any atom is 0.227 e. The summed E-state index contributed by atoms with van der Waals surface area (Å²) in [6.45, 7) is 2.62. The first-order valence-electron chi connectivity index (χ1n) is 6.53. The Morgan fingerprint density at radius 1 is 1.35 bits per heavy atom. The standard InChI is InChI=1S/C16H21ClN2O/c1-13(7-6-10-18(2)3)19(4)16(20)12-14-8-5-9-15(17)11-14/h5,8-9,11,13H,10,12H2,1-4H3. The summed E-state index contributed by atoms with van der Waals surface area (Å²) in [7, 11) is 5.71. The van der Waals surface area contributed by atoms with Crippen LogP contribution in [0.1, 0.15) is 12.5 Å². The van der Waals surface area contributed by atoms with Crippen LogP contribution in [0.3, 0.4) is 0 Å². The van der Waals surface area contributed by atoms with Gasteiger partial charge in [0.1, 0.15) is 0 Å². The zero-order chi connectivity index (χ0) is 15.1. The van der Waals surface area contributed by atoms with Crippen LogP contribution in [-0.2, 0) is 11.2 Å². The Morgan fingerprint density at radius 2 is 2.05 bits per heavy atom. The molecule has 3 nitrogen and oxygen atoms in total. The highest BCUT2D eigenvalue weighted by Gasteiger charge is 2.14. The second kappa shape index (κ2) is 7.94. The van der Waals surface area contributed by atoms with Crippen molar-refractivity contribution >= 4 is 17.5 Å². The van der Waals surface area contributed by atoms with Gasteiger partial charge in [-0.3, -0.25) is 9.69 Å². The Hall–Kier alpha value is -1.50. The predicted molar refractivity (Wildman–Crippen MR) is 83.7 cm³/mol. The Kier molecular flexibility index (Phi) is 6.57. The molecule has 4 heteroatoms. The molecular weight excluding hydrogens is 272 g/mol. The number of carbonyl (C=O) groups excluding carboxylic acids is 1. The molecule has 0 aliphatic heterocycles. The van der Waals surface area contributed by atoms with Gasteiger partial charge in [-0.15, -0.1) is 0 Å². The first kappa shape index (κ1) is 16.6. The fourth-order valence-electron chi connectivity index (χ4n) is 1.61. The van der Waals surface area contributed by atoms with Gasteiger partial charge in [-0.05, 0) is 38.7 Å². The van der Waals surface area contributed by atoms with Crippen LogP contribution in [-0.4, -0.2) is 49.4 Å². The zero-order valence-corrected chi connectivity index (χ0v) is 13.2. The minimum Gasteiger partial charge on any atom is -0.332 e. The number of hydrogen-bond donors (Lipinski definition) is 0. The highest BCUT2D eigenvalue weighted by atomic mass is 35.5. The molecule has 20 heavy (non-hydrogen) atoms. The molecule has 0 N–H and O–H groups in total. The van der Waals surface area contributed by atoms with Crippen molar-refractivity contribution in [2.75, 3.05) is 27.7 Å². The van der Waals surface area contributed by atoms with Crippen molar-refractivity contribution < 1.29 is 4.79 Å². The summed E-state index contributed by atoms with van der Waals surface area (Å²) in [6, 6.07) is 7.27.